The Morgan fingerprint density at radius 3 is 2.38 bits per heavy atom. The van der Waals surface area contributed by atoms with E-state index in [1.807, 2.05) is 0 Å². The van der Waals surface area contributed by atoms with Crippen LogP contribution in [0.25, 0.3) is 0 Å². The van der Waals surface area contributed by atoms with Crippen LogP contribution < -0.4 is 0 Å². The van der Waals surface area contributed by atoms with Gasteiger partial charge in [-0.3, -0.25) is 4.55 Å². The number of nitrogens with zero attached hydrogens (tertiary/aromatic N) is 1. The van der Waals surface area contributed by atoms with Gasteiger partial charge >= 0.3 is 10.4 Å². The van der Waals surface area contributed by atoms with Crippen molar-refractivity contribution in [2.24, 2.45) is 5.16 Å². The molecule has 12 heteroatoms. The van der Waals surface area contributed by atoms with Gasteiger partial charge < -0.3 is 25.2 Å². The highest BCUT2D eigenvalue weighted by atomic mass is 32.3. The van der Waals surface area contributed by atoms with E-state index in [0.29, 0.717) is 0 Å². The zero-order valence-corrected chi connectivity index (χ0v) is 15.0. The molecule has 1 fully saturated rings. The molecule has 1 heterocycles. The molecule has 1 aromatic carbocycles. The third-order valence-electron chi connectivity index (χ3n) is 3.53. The predicted octanol–water partition coefficient (Wildman–Crippen LogP) is -1.10. The number of aliphatic hydroxyl groups excluding tert-OH is 4. The Morgan fingerprint density at radius 1 is 1.15 bits per heavy atom. The number of rotatable bonds is 6. The van der Waals surface area contributed by atoms with Crippen molar-refractivity contribution in [3.05, 3.63) is 35.9 Å². The van der Waals surface area contributed by atoms with Gasteiger partial charge in [-0.05, 0) is 5.56 Å². The summed E-state index contributed by atoms with van der Waals surface area (Å²) in [6, 6.07) is 8.73. The molecule has 146 valence electrons. The van der Waals surface area contributed by atoms with Crippen molar-refractivity contribution >= 4 is 27.2 Å². The fourth-order valence-corrected chi connectivity index (χ4v) is 3.58. The smallest absolute Gasteiger partial charge is 0.394 e. The second kappa shape index (κ2) is 9.10. The van der Waals surface area contributed by atoms with E-state index in [1.54, 1.807) is 30.3 Å². The number of thioether (sulfide) groups is 1. The van der Waals surface area contributed by atoms with Crippen LogP contribution in [0.1, 0.15) is 5.56 Å². The minimum atomic E-state index is -4.83. The fraction of sp³-hybridized carbons (Fsp3) is 0.500. The van der Waals surface area contributed by atoms with E-state index in [0.717, 1.165) is 17.3 Å². The molecule has 0 saturated carbocycles. The van der Waals surface area contributed by atoms with E-state index in [9.17, 15) is 28.8 Å². The lowest BCUT2D eigenvalue weighted by molar-refractivity contribution is -0.205. The molecule has 1 saturated heterocycles. The fourth-order valence-electron chi connectivity index (χ4n) is 2.25. The molecule has 10 nitrogen and oxygen atoms in total. The average Bonchev–Trinajstić information content (AvgIpc) is 2.60. The lowest BCUT2D eigenvalue weighted by Crippen LogP contribution is -2.57. The van der Waals surface area contributed by atoms with Crippen molar-refractivity contribution in [2.75, 3.05) is 6.61 Å². The second-order valence-corrected chi connectivity index (χ2v) is 7.64. The van der Waals surface area contributed by atoms with Crippen LogP contribution in [0, 0.1) is 0 Å². The van der Waals surface area contributed by atoms with Gasteiger partial charge in [-0.1, -0.05) is 47.2 Å². The highest BCUT2D eigenvalue weighted by Gasteiger charge is 2.44. The highest BCUT2D eigenvalue weighted by molar-refractivity contribution is 8.14. The molecule has 5 N–H and O–H groups in total. The molecule has 0 aromatic heterocycles. The first kappa shape index (κ1) is 21.1. The first-order valence-corrected chi connectivity index (χ1v) is 9.69. The molecule has 0 bridgehead atoms. The molecule has 5 atom stereocenters. The summed E-state index contributed by atoms with van der Waals surface area (Å²) in [5, 5.41) is 42.2. The summed E-state index contributed by atoms with van der Waals surface area (Å²) in [5.74, 6) is 0. The van der Waals surface area contributed by atoms with Gasteiger partial charge in [0.15, 0.2) is 0 Å². The molecule has 1 aliphatic rings. The number of ether oxygens (including phenoxy) is 1. The summed E-state index contributed by atoms with van der Waals surface area (Å²) >= 11 is 0.729. The Kier molecular flexibility index (Phi) is 7.37. The van der Waals surface area contributed by atoms with Gasteiger partial charge in [-0.2, -0.15) is 8.42 Å². The third kappa shape index (κ3) is 5.89. The first-order valence-electron chi connectivity index (χ1n) is 7.45. The zero-order valence-electron chi connectivity index (χ0n) is 13.3. The van der Waals surface area contributed by atoms with E-state index in [-0.39, 0.29) is 11.5 Å². The Morgan fingerprint density at radius 2 is 1.81 bits per heavy atom. The Labute approximate surface area is 154 Å². The summed E-state index contributed by atoms with van der Waals surface area (Å²) in [7, 11) is -4.83. The third-order valence-corrected chi connectivity index (χ3v) is 4.91. The van der Waals surface area contributed by atoms with Gasteiger partial charge in [0.05, 0.1) is 6.61 Å². The van der Waals surface area contributed by atoms with E-state index in [2.05, 4.69) is 9.44 Å². The Balaban J connectivity index is 2.19. The van der Waals surface area contributed by atoms with Gasteiger partial charge in [0.2, 0.25) is 0 Å². The summed E-state index contributed by atoms with van der Waals surface area (Å²) in [6.07, 6.45) is -5.68. The molecule has 1 aromatic rings. The molecule has 26 heavy (non-hydrogen) atoms. The molecule has 0 spiro atoms. The van der Waals surface area contributed by atoms with Crippen LogP contribution in [-0.2, 0) is 25.8 Å². The van der Waals surface area contributed by atoms with Gasteiger partial charge in [0.25, 0.3) is 0 Å². The maximum Gasteiger partial charge on any atom is 0.466 e. The quantitative estimate of drug-likeness (QED) is 0.168. The highest BCUT2D eigenvalue weighted by Crippen LogP contribution is 2.30. The van der Waals surface area contributed by atoms with Gasteiger partial charge in [-0.25, -0.2) is 4.28 Å². The van der Waals surface area contributed by atoms with Crippen LogP contribution in [0.5, 0.6) is 0 Å². The Bertz CT molecular complexity index is 710. The minimum Gasteiger partial charge on any atom is -0.394 e. The SMILES string of the molecule is O=S(=O)(O)ON=C(Cc1ccccc1)S[C@@H]1OC(CO)[C@@H](O)[C@H](O)C1O. The molecule has 0 amide bonds. The lowest BCUT2D eigenvalue weighted by atomic mass is 10.0. The monoisotopic (exact) mass is 409 g/mol. The molecular weight excluding hydrogens is 390 g/mol. The number of aliphatic hydroxyl groups is 4. The summed E-state index contributed by atoms with van der Waals surface area (Å²) in [4.78, 5) is 0. The normalized spacial score (nSPS) is 30.2. The Hall–Kier alpha value is -1.25. The average molecular weight is 409 g/mol. The van der Waals surface area contributed by atoms with Gasteiger partial charge in [0, 0.05) is 6.42 Å². The maximum atomic E-state index is 10.8. The van der Waals surface area contributed by atoms with E-state index < -0.39 is 46.9 Å². The van der Waals surface area contributed by atoms with Crippen molar-refractivity contribution in [3.63, 3.8) is 0 Å². The van der Waals surface area contributed by atoms with Crippen LogP contribution in [0.2, 0.25) is 0 Å². The standard InChI is InChI=1S/C14H19NO9S2/c16-7-9-11(17)12(18)13(19)14(23-9)25-10(15-24-26(20,21)22)6-8-4-2-1-3-5-8/h1-5,9,11-14,16-19H,6-7H2,(H,20,21,22)/t9?,11-,12+,13?,14+/m1/s1. The molecule has 0 aliphatic carbocycles. The molecular formula is C14H19NO9S2. The maximum absolute atomic E-state index is 10.8. The number of benzene rings is 1. The first-order chi connectivity index (χ1) is 12.2. The summed E-state index contributed by atoms with van der Waals surface area (Å²) < 4.78 is 39.6. The number of hydrogen-bond donors (Lipinski definition) is 5. The second-order valence-electron chi connectivity index (χ2n) is 5.46. The van der Waals surface area contributed by atoms with Crippen molar-refractivity contribution in [1.29, 1.82) is 0 Å². The number of hydrogen-bond acceptors (Lipinski definition) is 10. The van der Waals surface area contributed by atoms with Crippen LogP contribution >= 0.6 is 11.8 Å². The molecule has 1 aliphatic heterocycles. The van der Waals surface area contributed by atoms with E-state index >= 15 is 0 Å². The van der Waals surface area contributed by atoms with Crippen LogP contribution in [0.15, 0.2) is 35.5 Å². The molecule has 2 unspecified atom stereocenters. The largest absolute Gasteiger partial charge is 0.466 e. The predicted molar refractivity (Wildman–Crippen MR) is 91.6 cm³/mol. The lowest BCUT2D eigenvalue weighted by Gasteiger charge is -2.39. The minimum absolute atomic E-state index is 0.0122. The topological polar surface area (TPSA) is 166 Å². The van der Waals surface area contributed by atoms with Gasteiger partial charge in [0.1, 0.15) is 34.9 Å². The van der Waals surface area contributed by atoms with E-state index in [1.165, 1.54) is 0 Å². The molecule has 2 rings (SSSR count). The molecule has 0 radical (unpaired) electrons. The van der Waals surface area contributed by atoms with Crippen LogP contribution in [-0.4, -0.2) is 74.9 Å². The van der Waals surface area contributed by atoms with Crippen molar-refractivity contribution < 1.29 is 42.4 Å². The van der Waals surface area contributed by atoms with Crippen molar-refractivity contribution in [3.8, 4) is 0 Å². The van der Waals surface area contributed by atoms with Crippen LogP contribution in [0.4, 0.5) is 0 Å². The summed E-state index contributed by atoms with van der Waals surface area (Å²) in [6.45, 7) is -0.602. The zero-order chi connectivity index (χ0) is 19.3. The van der Waals surface area contributed by atoms with E-state index in [4.69, 9.17) is 9.29 Å². The van der Waals surface area contributed by atoms with Crippen molar-refractivity contribution in [1.82, 2.24) is 0 Å². The summed E-state index contributed by atoms with van der Waals surface area (Å²) in [5.41, 5.74) is -0.444. The van der Waals surface area contributed by atoms with Gasteiger partial charge in [-0.15, -0.1) is 0 Å². The number of oxime groups is 1. The van der Waals surface area contributed by atoms with Crippen molar-refractivity contribution in [2.45, 2.75) is 36.3 Å². The van der Waals surface area contributed by atoms with Crippen LogP contribution in [0.3, 0.4) is 0 Å².